The van der Waals surface area contributed by atoms with Gasteiger partial charge in [-0.25, -0.2) is 24.3 Å². The van der Waals surface area contributed by atoms with E-state index in [1.807, 2.05) is 0 Å². The van der Waals surface area contributed by atoms with Crippen molar-refractivity contribution in [1.82, 2.24) is 34.6 Å². The second-order valence-electron chi connectivity index (χ2n) is 8.69. The van der Waals surface area contributed by atoms with E-state index in [9.17, 15) is 31.1 Å². The molecule has 0 bridgehead atoms. The topological polar surface area (TPSA) is 111 Å². The summed E-state index contributed by atoms with van der Waals surface area (Å²) in [6.45, 7) is 2.72. The lowest BCUT2D eigenvalue weighted by Crippen LogP contribution is -2.61. The van der Waals surface area contributed by atoms with Gasteiger partial charge in [0.15, 0.2) is 17.3 Å². The largest absolute Gasteiger partial charge is 0.419 e. The maximum atomic E-state index is 14.4. The van der Waals surface area contributed by atoms with Gasteiger partial charge in [0.1, 0.15) is 6.54 Å². The van der Waals surface area contributed by atoms with Crippen LogP contribution in [0.5, 0.6) is 0 Å². The third-order valence-corrected chi connectivity index (χ3v) is 6.05. The Morgan fingerprint density at radius 1 is 1.18 bits per heavy atom. The summed E-state index contributed by atoms with van der Waals surface area (Å²) in [6, 6.07) is -1.03. The molecule has 3 aromatic heterocycles. The molecule has 1 aliphatic rings. The average Bonchev–Trinajstić information content (AvgIpc) is 3.11. The van der Waals surface area contributed by atoms with E-state index in [0.717, 1.165) is 24.2 Å². The highest BCUT2D eigenvalue weighted by atomic mass is 19.4. The molecule has 0 unspecified atom stereocenters. The standard InChI is InChI=1S/C22H22F6N8O2/c1-10-14(22(26,27)28)7-31-20(33-10)32-8-15-12(3)38-21(24,25)9-36(15)19(37)17-16(11(2)35(4)34-17)18-29-5-13(23)6-30-18/h5-7,12,15H,8-9H2,1-4H3,(H,31,32,33)/t12-,15+/m0/s1. The molecule has 1 saturated heterocycles. The maximum Gasteiger partial charge on any atom is 0.419 e. The van der Waals surface area contributed by atoms with E-state index in [2.05, 4.69) is 30.4 Å². The number of anilines is 1. The van der Waals surface area contributed by atoms with Gasteiger partial charge in [-0.1, -0.05) is 0 Å². The molecule has 1 N–H and O–H groups in total. The van der Waals surface area contributed by atoms with Crippen LogP contribution in [0.2, 0.25) is 0 Å². The van der Waals surface area contributed by atoms with Crippen LogP contribution in [0, 0.1) is 19.7 Å². The van der Waals surface area contributed by atoms with Gasteiger partial charge in [-0.3, -0.25) is 9.48 Å². The van der Waals surface area contributed by atoms with Crippen LogP contribution in [0.4, 0.5) is 32.3 Å². The lowest BCUT2D eigenvalue weighted by molar-refractivity contribution is -0.298. The predicted molar refractivity (Wildman–Crippen MR) is 120 cm³/mol. The van der Waals surface area contributed by atoms with Gasteiger partial charge < -0.3 is 15.0 Å². The minimum absolute atomic E-state index is 0.0308. The molecule has 0 aromatic carbocycles. The molecule has 204 valence electrons. The number of halogens is 6. The van der Waals surface area contributed by atoms with Crippen molar-refractivity contribution < 1.29 is 35.9 Å². The molecule has 1 fully saturated rings. The molecule has 16 heteroatoms. The molecule has 3 aromatic rings. The molecule has 0 aliphatic carbocycles. The van der Waals surface area contributed by atoms with E-state index in [1.165, 1.54) is 18.7 Å². The minimum atomic E-state index is -4.64. The first-order valence-corrected chi connectivity index (χ1v) is 11.2. The monoisotopic (exact) mass is 544 g/mol. The van der Waals surface area contributed by atoms with Crippen LogP contribution < -0.4 is 5.32 Å². The highest BCUT2D eigenvalue weighted by Crippen LogP contribution is 2.33. The van der Waals surface area contributed by atoms with Gasteiger partial charge in [0.05, 0.1) is 41.4 Å². The number of nitrogens with zero attached hydrogens (tertiary/aromatic N) is 7. The normalized spacial score (nSPS) is 19.5. The Labute approximate surface area is 212 Å². The SMILES string of the molecule is Cc1nc(NC[C@@H]2[C@H](C)OC(F)(F)CN2C(=O)c2nn(C)c(C)c2-c2ncc(F)cn2)ncc1C(F)(F)F. The number of morpholine rings is 1. The van der Waals surface area contributed by atoms with Gasteiger partial charge in [0.25, 0.3) is 5.91 Å². The van der Waals surface area contributed by atoms with Crippen LogP contribution in [-0.4, -0.2) is 71.9 Å². The first kappa shape index (κ1) is 27.2. The molecular weight excluding hydrogens is 522 g/mol. The van der Waals surface area contributed by atoms with Crippen molar-refractivity contribution >= 4 is 11.9 Å². The van der Waals surface area contributed by atoms with Gasteiger partial charge in [-0.15, -0.1) is 0 Å². The van der Waals surface area contributed by atoms with Crippen LogP contribution in [-0.2, 0) is 18.0 Å². The molecule has 1 aliphatic heterocycles. The van der Waals surface area contributed by atoms with Crippen molar-refractivity contribution in [3.63, 3.8) is 0 Å². The van der Waals surface area contributed by atoms with E-state index in [4.69, 9.17) is 4.74 Å². The number of hydrogen-bond donors (Lipinski definition) is 1. The lowest BCUT2D eigenvalue weighted by atomic mass is 10.1. The zero-order valence-electron chi connectivity index (χ0n) is 20.5. The van der Waals surface area contributed by atoms with E-state index in [1.54, 1.807) is 6.92 Å². The second kappa shape index (κ2) is 9.81. The molecular formula is C22H22F6N8O2. The van der Waals surface area contributed by atoms with Gasteiger partial charge in [0, 0.05) is 25.5 Å². The number of nitrogens with one attached hydrogen (secondary N) is 1. The molecule has 38 heavy (non-hydrogen) atoms. The van der Waals surface area contributed by atoms with Crippen LogP contribution in [0.3, 0.4) is 0 Å². The van der Waals surface area contributed by atoms with Crippen LogP contribution in [0.1, 0.15) is 34.4 Å². The summed E-state index contributed by atoms with van der Waals surface area (Å²) in [5.41, 5.74) is -1.04. The van der Waals surface area contributed by atoms with Crippen molar-refractivity contribution in [2.24, 2.45) is 7.05 Å². The Bertz CT molecular complexity index is 1340. The number of ether oxygens (including phenoxy) is 1. The number of aromatic nitrogens is 6. The van der Waals surface area contributed by atoms with E-state index >= 15 is 0 Å². The van der Waals surface area contributed by atoms with Crippen LogP contribution >= 0.6 is 0 Å². The first-order chi connectivity index (χ1) is 17.7. The second-order valence-corrected chi connectivity index (χ2v) is 8.69. The molecule has 0 radical (unpaired) electrons. The average molecular weight is 544 g/mol. The molecule has 0 spiro atoms. The molecule has 2 atom stereocenters. The maximum absolute atomic E-state index is 14.4. The fraction of sp³-hybridized carbons (Fsp3) is 0.455. The zero-order chi connectivity index (χ0) is 28.0. The van der Waals surface area contributed by atoms with Crippen molar-refractivity contribution in [2.75, 3.05) is 18.4 Å². The first-order valence-electron chi connectivity index (χ1n) is 11.2. The summed E-state index contributed by atoms with van der Waals surface area (Å²) in [5, 5.41) is 6.87. The van der Waals surface area contributed by atoms with Crippen LogP contribution in [0.15, 0.2) is 18.6 Å². The highest BCUT2D eigenvalue weighted by Gasteiger charge is 2.48. The van der Waals surface area contributed by atoms with Gasteiger partial charge in [0.2, 0.25) is 5.95 Å². The fourth-order valence-electron chi connectivity index (χ4n) is 4.08. The number of carbonyl (C=O) groups is 1. The summed E-state index contributed by atoms with van der Waals surface area (Å²) in [5.74, 6) is -1.84. The van der Waals surface area contributed by atoms with E-state index < -0.39 is 48.3 Å². The van der Waals surface area contributed by atoms with Crippen molar-refractivity contribution in [2.45, 2.75) is 45.2 Å². The van der Waals surface area contributed by atoms with Gasteiger partial charge in [-0.2, -0.15) is 27.1 Å². The number of carbonyl (C=O) groups excluding carboxylic acids is 1. The predicted octanol–water partition coefficient (Wildman–Crippen LogP) is 3.38. The summed E-state index contributed by atoms with van der Waals surface area (Å²) in [4.78, 5) is 29.7. The van der Waals surface area contributed by atoms with Gasteiger partial charge >= 0.3 is 12.3 Å². The Kier molecular flexibility index (Phi) is 7.03. The Hall–Kier alpha value is -3.82. The number of hydrogen-bond acceptors (Lipinski definition) is 8. The molecule has 10 nitrogen and oxygen atoms in total. The smallest absolute Gasteiger partial charge is 0.352 e. The highest BCUT2D eigenvalue weighted by molar-refractivity contribution is 5.99. The Morgan fingerprint density at radius 3 is 2.45 bits per heavy atom. The summed E-state index contributed by atoms with van der Waals surface area (Å²) in [7, 11) is 1.53. The third kappa shape index (κ3) is 5.39. The molecule has 0 saturated carbocycles. The zero-order valence-corrected chi connectivity index (χ0v) is 20.5. The fourth-order valence-corrected chi connectivity index (χ4v) is 4.08. The summed E-state index contributed by atoms with van der Waals surface area (Å²) < 4.78 is 87.4. The molecule has 1 amide bonds. The number of aryl methyl sites for hydroxylation is 2. The summed E-state index contributed by atoms with van der Waals surface area (Å²) >= 11 is 0. The molecule has 4 heterocycles. The van der Waals surface area contributed by atoms with Crippen LogP contribution in [0.25, 0.3) is 11.4 Å². The Morgan fingerprint density at radius 2 is 1.84 bits per heavy atom. The van der Waals surface area contributed by atoms with Crippen molar-refractivity contribution in [3.05, 3.63) is 47.1 Å². The number of amides is 1. The number of alkyl halides is 5. The quantitative estimate of drug-likeness (QED) is 0.487. The molecule has 4 rings (SSSR count). The lowest BCUT2D eigenvalue weighted by Gasteiger charge is -2.42. The van der Waals surface area contributed by atoms with Crippen molar-refractivity contribution in [3.8, 4) is 11.4 Å². The van der Waals surface area contributed by atoms with Gasteiger partial charge in [-0.05, 0) is 20.8 Å². The number of rotatable bonds is 5. The van der Waals surface area contributed by atoms with E-state index in [0.29, 0.717) is 11.9 Å². The van der Waals surface area contributed by atoms with E-state index in [-0.39, 0.29) is 35.3 Å². The third-order valence-electron chi connectivity index (χ3n) is 6.05. The van der Waals surface area contributed by atoms with Crippen molar-refractivity contribution in [1.29, 1.82) is 0 Å². The summed E-state index contributed by atoms with van der Waals surface area (Å²) in [6.07, 6.45) is -7.14. The minimum Gasteiger partial charge on any atom is -0.352 e. The Balaban J connectivity index is 1.65.